The summed E-state index contributed by atoms with van der Waals surface area (Å²) in [6.07, 6.45) is 0.456. The highest BCUT2D eigenvalue weighted by Crippen LogP contribution is 2.03. The summed E-state index contributed by atoms with van der Waals surface area (Å²) in [7, 11) is 0. The second-order valence-corrected chi connectivity index (χ2v) is 4.34. The van der Waals surface area contributed by atoms with E-state index in [1.807, 2.05) is 13.0 Å². The van der Waals surface area contributed by atoms with E-state index in [1.165, 1.54) is 0 Å². The Kier molecular flexibility index (Phi) is 6.04. The molecule has 6 heteroatoms. The van der Waals surface area contributed by atoms with E-state index in [1.54, 1.807) is 24.3 Å². The molecular weight excluding hydrogens is 258 g/mol. The van der Waals surface area contributed by atoms with Gasteiger partial charge in [-0.25, -0.2) is 4.79 Å². The van der Waals surface area contributed by atoms with Crippen molar-refractivity contribution < 1.29 is 14.7 Å². The summed E-state index contributed by atoms with van der Waals surface area (Å²) in [6.45, 7) is 2.13. The normalized spacial score (nSPS) is 11.2. The molecule has 0 heterocycles. The minimum atomic E-state index is -0.941. The number of hydrogen-bond donors (Lipinski definition) is 3. The lowest BCUT2D eigenvalue weighted by Crippen LogP contribution is -2.42. The Morgan fingerprint density at radius 1 is 1.35 bits per heavy atom. The van der Waals surface area contributed by atoms with Crippen molar-refractivity contribution in [2.75, 3.05) is 0 Å². The van der Waals surface area contributed by atoms with E-state index in [2.05, 4.69) is 10.6 Å². The topological polar surface area (TPSA) is 102 Å². The van der Waals surface area contributed by atoms with Gasteiger partial charge in [-0.3, -0.25) is 4.79 Å². The standard InChI is InChI=1S/C14H17N3O3/c1-2-12(7-13(18)19)17-14(20)16-9-11-5-3-10(8-15)4-6-11/h3-6,12H,2,7,9H2,1H3,(H,18,19)(H2,16,17,20). The number of nitrogens with one attached hydrogen (secondary N) is 2. The Labute approximate surface area is 117 Å². The quantitative estimate of drug-likeness (QED) is 0.734. The van der Waals surface area contributed by atoms with Crippen LogP contribution in [0, 0.1) is 11.3 Å². The van der Waals surface area contributed by atoms with E-state index >= 15 is 0 Å². The molecule has 6 nitrogen and oxygen atoms in total. The van der Waals surface area contributed by atoms with Gasteiger partial charge in [0.2, 0.25) is 0 Å². The fourth-order valence-electron chi connectivity index (χ4n) is 1.62. The molecule has 1 aromatic carbocycles. The molecule has 0 aliphatic rings. The van der Waals surface area contributed by atoms with Gasteiger partial charge in [0.25, 0.3) is 0 Å². The molecule has 1 rings (SSSR count). The number of rotatable bonds is 6. The van der Waals surface area contributed by atoms with Crippen molar-refractivity contribution in [3.05, 3.63) is 35.4 Å². The average Bonchev–Trinajstić information content (AvgIpc) is 2.44. The first-order valence-corrected chi connectivity index (χ1v) is 6.30. The molecule has 0 saturated carbocycles. The summed E-state index contributed by atoms with van der Waals surface area (Å²) < 4.78 is 0. The fraction of sp³-hybridized carbons (Fsp3) is 0.357. The highest BCUT2D eigenvalue weighted by Gasteiger charge is 2.13. The van der Waals surface area contributed by atoms with Crippen LogP contribution in [-0.2, 0) is 11.3 Å². The third-order valence-corrected chi connectivity index (χ3v) is 2.79. The smallest absolute Gasteiger partial charge is 0.315 e. The van der Waals surface area contributed by atoms with Crippen LogP contribution >= 0.6 is 0 Å². The van der Waals surface area contributed by atoms with Crippen molar-refractivity contribution in [1.29, 1.82) is 5.26 Å². The number of carbonyl (C=O) groups excluding carboxylic acids is 1. The minimum absolute atomic E-state index is 0.0964. The summed E-state index contributed by atoms with van der Waals surface area (Å²) in [5.74, 6) is -0.941. The molecule has 0 bridgehead atoms. The molecule has 106 valence electrons. The van der Waals surface area contributed by atoms with Gasteiger partial charge in [0, 0.05) is 12.6 Å². The Morgan fingerprint density at radius 3 is 2.50 bits per heavy atom. The maximum absolute atomic E-state index is 11.6. The molecule has 0 aliphatic heterocycles. The fourth-order valence-corrected chi connectivity index (χ4v) is 1.62. The van der Waals surface area contributed by atoms with Crippen LogP contribution in [0.1, 0.15) is 30.9 Å². The number of nitrogens with zero attached hydrogens (tertiary/aromatic N) is 1. The van der Waals surface area contributed by atoms with Crippen LogP contribution in [-0.4, -0.2) is 23.1 Å². The van der Waals surface area contributed by atoms with Crippen molar-refractivity contribution >= 4 is 12.0 Å². The number of aliphatic carboxylic acids is 1. The zero-order valence-corrected chi connectivity index (χ0v) is 11.2. The van der Waals surface area contributed by atoms with E-state index in [0.29, 0.717) is 18.5 Å². The molecule has 3 N–H and O–H groups in total. The number of carbonyl (C=O) groups is 2. The van der Waals surface area contributed by atoms with Crippen LogP contribution in [0.5, 0.6) is 0 Å². The number of carboxylic acid groups (broad SMARTS) is 1. The van der Waals surface area contributed by atoms with Crippen LogP contribution < -0.4 is 10.6 Å². The molecule has 1 unspecified atom stereocenters. The number of hydrogen-bond acceptors (Lipinski definition) is 3. The number of amides is 2. The number of urea groups is 1. The lowest BCUT2D eigenvalue weighted by Gasteiger charge is -2.15. The molecule has 0 radical (unpaired) electrons. The predicted molar refractivity (Wildman–Crippen MR) is 72.9 cm³/mol. The van der Waals surface area contributed by atoms with Gasteiger partial charge in [-0.15, -0.1) is 0 Å². The van der Waals surface area contributed by atoms with Gasteiger partial charge < -0.3 is 15.7 Å². The molecule has 0 fully saturated rings. The van der Waals surface area contributed by atoms with Gasteiger partial charge >= 0.3 is 12.0 Å². The maximum Gasteiger partial charge on any atom is 0.315 e. The molecule has 0 saturated heterocycles. The van der Waals surface area contributed by atoms with Gasteiger partial charge in [0.1, 0.15) is 0 Å². The van der Waals surface area contributed by atoms with Gasteiger partial charge in [-0.1, -0.05) is 19.1 Å². The third-order valence-electron chi connectivity index (χ3n) is 2.79. The van der Waals surface area contributed by atoms with Crippen molar-refractivity contribution in [3.8, 4) is 6.07 Å². The number of carboxylic acids is 1. The summed E-state index contributed by atoms with van der Waals surface area (Å²) in [5.41, 5.74) is 1.43. The second kappa shape index (κ2) is 7.79. The number of benzene rings is 1. The Balaban J connectivity index is 2.42. The van der Waals surface area contributed by atoms with Gasteiger partial charge in [-0.2, -0.15) is 5.26 Å². The summed E-state index contributed by atoms with van der Waals surface area (Å²) in [4.78, 5) is 22.2. The number of nitriles is 1. The molecule has 1 atom stereocenters. The largest absolute Gasteiger partial charge is 0.481 e. The van der Waals surface area contributed by atoms with Crippen molar-refractivity contribution in [1.82, 2.24) is 10.6 Å². The van der Waals surface area contributed by atoms with Gasteiger partial charge in [0.15, 0.2) is 0 Å². The summed E-state index contributed by atoms with van der Waals surface area (Å²) in [5, 5.41) is 22.6. The molecule has 0 aromatic heterocycles. The molecule has 1 aromatic rings. The highest BCUT2D eigenvalue weighted by atomic mass is 16.4. The van der Waals surface area contributed by atoms with Crippen molar-refractivity contribution in [2.24, 2.45) is 0 Å². The van der Waals surface area contributed by atoms with Gasteiger partial charge in [-0.05, 0) is 24.1 Å². The first-order chi connectivity index (χ1) is 9.55. The second-order valence-electron chi connectivity index (χ2n) is 4.34. The molecule has 2 amide bonds. The minimum Gasteiger partial charge on any atom is -0.481 e. The molecule has 0 aliphatic carbocycles. The lowest BCUT2D eigenvalue weighted by molar-refractivity contribution is -0.137. The third kappa shape index (κ3) is 5.40. The maximum atomic E-state index is 11.6. The first-order valence-electron chi connectivity index (χ1n) is 6.30. The first kappa shape index (κ1) is 15.5. The molecule has 20 heavy (non-hydrogen) atoms. The molecule has 0 spiro atoms. The van der Waals surface area contributed by atoms with E-state index in [9.17, 15) is 9.59 Å². The van der Waals surface area contributed by atoms with Crippen LogP contribution in [0.2, 0.25) is 0 Å². The van der Waals surface area contributed by atoms with E-state index in [-0.39, 0.29) is 12.5 Å². The SMILES string of the molecule is CCC(CC(=O)O)NC(=O)NCc1ccc(C#N)cc1. The lowest BCUT2D eigenvalue weighted by atomic mass is 10.1. The van der Waals surface area contributed by atoms with E-state index < -0.39 is 12.0 Å². The predicted octanol–water partition coefficient (Wildman–Crippen LogP) is 1.61. The van der Waals surface area contributed by atoms with Crippen molar-refractivity contribution in [3.63, 3.8) is 0 Å². The monoisotopic (exact) mass is 275 g/mol. The van der Waals surface area contributed by atoms with Crippen LogP contribution in [0.15, 0.2) is 24.3 Å². The van der Waals surface area contributed by atoms with Gasteiger partial charge in [0.05, 0.1) is 18.1 Å². The summed E-state index contributed by atoms with van der Waals surface area (Å²) >= 11 is 0. The molecular formula is C14H17N3O3. The summed E-state index contributed by atoms with van der Waals surface area (Å²) in [6, 6.07) is 8.10. The van der Waals surface area contributed by atoms with Crippen LogP contribution in [0.25, 0.3) is 0 Å². The van der Waals surface area contributed by atoms with Crippen molar-refractivity contribution in [2.45, 2.75) is 32.4 Å². The highest BCUT2D eigenvalue weighted by molar-refractivity contribution is 5.75. The zero-order valence-electron chi connectivity index (χ0n) is 11.2. The van der Waals surface area contributed by atoms with Crippen LogP contribution in [0.4, 0.5) is 4.79 Å². The Morgan fingerprint density at radius 2 is 2.00 bits per heavy atom. The van der Waals surface area contributed by atoms with E-state index in [4.69, 9.17) is 10.4 Å². The Bertz CT molecular complexity index is 505. The van der Waals surface area contributed by atoms with E-state index in [0.717, 1.165) is 5.56 Å². The average molecular weight is 275 g/mol. The Hall–Kier alpha value is -2.55. The van der Waals surface area contributed by atoms with Crippen LogP contribution in [0.3, 0.4) is 0 Å². The zero-order chi connectivity index (χ0) is 15.0.